The van der Waals surface area contributed by atoms with Gasteiger partial charge < -0.3 is 16.4 Å². The number of amides is 2. The predicted octanol–water partition coefficient (Wildman–Crippen LogP) is -0.388. The average Bonchev–Trinajstić information content (AvgIpc) is 2.16. The van der Waals surface area contributed by atoms with E-state index < -0.39 is 6.04 Å². The molecule has 5 nitrogen and oxygen atoms in total. The minimum absolute atomic E-state index is 0.0901. The van der Waals surface area contributed by atoms with Gasteiger partial charge in [-0.2, -0.15) is 0 Å². The number of hydrogen-bond donors (Lipinski definition) is 3. The van der Waals surface area contributed by atoms with Crippen molar-refractivity contribution in [2.24, 2.45) is 11.7 Å². The standard InChI is InChI=1S/C10H21N3O2/c1-7(2)6-8(11)10(15)13-5-4-9(14)12-3/h7-8H,4-6,11H2,1-3H3,(H,12,14)(H,13,15)/t8-/m1/s1. The van der Waals surface area contributed by atoms with E-state index in [1.807, 2.05) is 13.8 Å². The largest absolute Gasteiger partial charge is 0.359 e. The topological polar surface area (TPSA) is 84.2 Å². The molecular formula is C10H21N3O2. The van der Waals surface area contributed by atoms with Gasteiger partial charge in [0.05, 0.1) is 6.04 Å². The number of hydrogen-bond acceptors (Lipinski definition) is 3. The van der Waals surface area contributed by atoms with Crippen LogP contribution in [0.5, 0.6) is 0 Å². The quantitative estimate of drug-likeness (QED) is 0.564. The first kappa shape index (κ1) is 13.9. The van der Waals surface area contributed by atoms with Gasteiger partial charge in [0.15, 0.2) is 0 Å². The van der Waals surface area contributed by atoms with E-state index in [1.54, 1.807) is 7.05 Å². The molecule has 2 amide bonds. The smallest absolute Gasteiger partial charge is 0.236 e. The molecule has 15 heavy (non-hydrogen) atoms. The molecule has 0 aromatic carbocycles. The van der Waals surface area contributed by atoms with Gasteiger partial charge in [0.1, 0.15) is 0 Å². The Labute approximate surface area is 90.8 Å². The Kier molecular flexibility index (Phi) is 6.70. The zero-order valence-electron chi connectivity index (χ0n) is 9.67. The summed E-state index contributed by atoms with van der Waals surface area (Å²) < 4.78 is 0. The van der Waals surface area contributed by atoms with Crippen molar-refractivity contribution >= 4 is 11.8 Å². The predicted molar refractivity (Wildman–Crippen MR) is 59.1 cm³/mol. The molecule has 0 spiro atoms. The van der Waals surface area contributed by atoms with Gasteiger partial charge in [-0.05, 0) is 12.3 Å². The van der Waals surface area contributed by atoms with Crippen molar-refractivity contribution in [2.75, 3.05) is 13.6 Å². The SMILES string of the molecule is CNC(=O)CCNC(=O)[C@H](N)CC(C)C. The summed E-state index contributed by atoms with van der Waals surface area (Å²) in [4.78, 5) is 22.2. The van der Waals surface area contributed by atoms with Gasteiger partial charge in [-0.3, -0.25) is 9.59 Å². The third kappa shape index (κ3) is 6.90. The van der Waals surface area contributed by atoms with Gasteiger partial charge in [-0.15, -0.1) is 0 Å². The summed E-state index contributed by atoms with van der Waals surface area (Å²) in [6, 6.07) is -0.477. The monoisotopic (exact) mass is 215 g/mol. The maximum Gasteiger partial charge on any atom is 0.236 e. The molecule has 0 unspecified atom stereocenters. The molecule has 88 valence electrons. The normalized spacial score (nSPS) is 12.3. The first-order valence-electron chi connectivity index (χ1n) is 5.21. The highest BCUT2D eigenvalue weighted by Crippen LogP contribution is 2.02. The molecule has 0 saturated heterocycles. The number of nitrogens with two attached hydrogens (primary N) is 1. The first-order chi connectivity index (χ1) is 6.97. The second kappa shape index (κ2) is 7.23. The Balaban J connectivity index is 3.69. The van der Waals surface area contributed by atoms with Crippen molar-refractivity contribution in [2.45, 2.75) is 32.7 Å². The highest BCUT2D eigenvalue weighted by Gasteiger charge is 2.14. The molecule has 0 fully saturated rings. The van der Waals surface area contributed by atoms with E-state index in [2.05, 4.69) is 10.6 Å². The second-order valence-corrected chi connectivity index (χ2v) is 3.95. The lowest BCUT2D eigenvalue weighted by Gasteiger charge is -2.13. The van der Waals surface area contributed by atoms with E-state index in [-0.39, 0.29) is 18.2 Å². The number of nitrogens with one attached hydrogen (secondary N) is 2. The van der Waals surface area contributed by atoms with Crippen LogP contribution in [0.2, 0.25) is 0 Å². The minimum atomic E-state index is -0.477. The van der Waals surface area contributed by atoms with Crippen LogP contribution in [-0.2, 0) is 9.59 Å². The van der Waals surface area contributed by atoms with Gasteiger partial charge in [-0.25, -0.2) is 0 Å². The Morgan fingerprint density at radius 2 is 1.93 bits per heavy atom. The van der Waals surface area contributed by atoms with E-state index in [4.69, 9.17) is 5.73 Å². The fourth-order valence-corrected chi connectivity index (χ4v) is 1.17. The van der Waals surface area contributed by atoms with Crippen LogP contribution in [0.1, 0.15) is 26.7 Å². The molecular weight excluding hydrogens is 194 g/mol. The van der Waals surface area contributed by atoms with E-state index in [1.165, 1.54) is 0 Å². The summed E-state index contributed by atoms with van der Waals surface area (Å²) >= 11 is 0. The maximum atomic E-state index is 11.4. The molecule has 0 aliphatic rings. The van der Waals surface area contributed by atoms with Crippen LogP contribution in [0.25, 0.3) is 0 Å². The summed E-state index contributed by atoms with van der Waals surface area (Å²) in [6.07, 6.45) is 0.947. The molecule has 5 heteroatoms. The summed E-state index contributed by atoms with van der Waals surface area (Å²) in [5, 5.41) is 5.11. The first-order valence-corrected chi connectivity index (χ1v) is 5.21. The molecule has 0 aromatic heterocycles. The Hall–Kier alpha value is -1.10. The number of carbonyl (C=O) groups excluding carboxylic acids is 2. The second-order valence-electron chi connectivity index (χ2n) is 3.95. The Bertz CT molecular complexity index is 217. The van der Waals surface area contributed by atoms with Crippen molar-refractivity contribution in [3.63, 3.8) is 0 Å². The average molecular weight is 215 g/mol. The molecule has 0 heterocycles. The fourth-order valence-electron chi connectivity index (χ4n) is 1.17. The van der Waals surface area contributed by atoms with Crippen molar-refractivity contribution in [3.05, 3.63) is 0 Å². The lowest BCUT2D eigenvalue weighted by atomic mass is 10.0. The number of carbonyl (C=O) groups is 2. The zero-order valence-corrected chi connectivity index (χ0v) is 9.67. The third-order valence-electron chi connectivity index (χ3n) is 1.99. The van der Waals surface area contributed by atoms with Crippen molar-refractivity contribution in [1.29, 1.82) is 0 Å². The van der Waals surface area contributed by atoms with Gasteiger partial charge in [-0.1, -0.05) is 13.8 Å². The van der Waals surface area contributed by atoms with Crippen LogP contribution < -0.4 is 16.4 Å². The summed E-state index contributed by atoms with van der Waals surface area (Å²) in [5.74, 6) is 0.116. The Morgan fingerprint density at radius 3 is 2.40 bits per heavy atom. The van der Waals surface area contributed by atoms with Crippen molar-refractivity contribution in [3.8, 4) is 0 Å². The van der Waals surface area contributed by atoms with Gasteiger partial charge in [0, 0.05) is 20.0 Å². The molecule has 0 radical (unpaired) electrons. The zero-order chi connectivity index (χ0) is 11.8. The van der Waals surface area contributed by atoms with Crippen molar-refractivity contribution < 1.29 is 9.59 Å². The lowest BCUT2D eigenvalue weighted by molar-refractivity contribution is -0.123. The molecule has 0 rings (SSSR count). The van der Waals surface area contributed by atoms with Gasteiger partial charge in [0.2, 0.25) is 11.8 Å². The summed E-state index contributed by atoms with van der Waals surface area (Å²) in [6.45, 7) is 4.36. The van der Waals surface area contributed by atoms with Crippen LogP contribution in [0.15, 0.2) is 0 Å². The van der Waals surface area contributed by atoms with Crippen molar-refractivity contribution in [1.82, 2.24) is 10.6 Å². The molecule has 0 saturated carbocycles. The summed E-state index contributed by atoms with van der Waals surface area (Å²) in [5.41, 5.74) is 5.65. The van der Waals surface area contributed by atoms with E-state index in [0.717, 1.165) is 0 Å². The van der Waals surface area contributed by atoms with E-state index >= 15 is 0 Å². The Morgan fingerprint density at radius 1 is 1.33 bits per heavy atom. The third-order valence-corrected chi connectivity index (χ3v) is 1.99. The highest BCUT2D eigenvalue weighted by molar-refractivity contribution is 5.82. The van der Waals surface area contributed by atoms with Crippen LogP contribution in [0, 0.1) is 5.92 Å². The molecule has 0 aliphatic carbocycles. The fraction of sp³-hybridized carbons (Fsp3) is 0.800. The maximum absolute atomic E-state index is 11.4. The number of rotatable bonds is 6. The molecule has 0 bridgehead atoms. The minimum Gasteiger partial charge on any atom is -0.359 e. The van der Waals surface area contributed by atoms with Crippen LogP contribution in [0.4, 0.5) is 0 Å². The van der Waals surface area contributed by atoms with Crippen LogP contribution in [-0.4, -0.2) is 31.4 Å². The molecule has 0 aromatic rings. The van der Waals surface area contributed by atoms with Gasteiger partial charge >= 0.3 is 0 Å². The molecule has 4 N–H and O–H groups in total. The van der Waals surface area contributed by atoms with Crippen LogP contribution >= 0.6 is 0 Å². The molecule has 0 aliphatic heterocycles. The molecule has 1 atom stereocenters. The lowest BCUT2D eigenvalue weighted by Crippen LogP contribution is -2.42. The summed E-state index contributed by atoms with van der Waals surface area (Å²) in [7, 11) is 1.56. The van der Waals surface area contributed by atoms with E-state index in [9.17, 15) is 9.59 Å². The van der Waals surface area contributed by atoms with Crippen LogP contribution in [0.3, 0.4) is 0 Å². The highest BCUT2D eigenvalue weighted by atomic mass is 16.2. The van der Waals surface area contributed by atoms with Gasteiger partial charge in [0.25, 0.3) is 0 Å². The van der Waals surface area contributed by atoms with E-state index in [0.29, 0.717) is 18.9 Å².